The molecule has 0 fully saturated rings. The highest BCUT2D eigenvalue weighted by atomic mass is 16.3. The zero-order valence-corrected chi connectivity index (χ0v) is 30.5. The van der Waals surface area contributed by atoms with E-state index in [0.717, 1.165) is 60.7 Å². The molecular formula is C52H30N4O. The smallest absolute Gasteiger partial charge is 0.246 e. The second-order valence-electron chi connectivity index (χ2n) is 15.0. The van der Waals surface area contributed by atoms with Crippen molar-refractivity contribution in [1.82, 2.24) is 19.1 Å². The van der Waals surface area contributed by atoms with Crippen molar-refractivity contribution in [2.75, 3.05) is 0 Å². The SMILES string of the molecule is c1ccc(-n2c3ccccc3c3cc(-c4ccc5c(c4)c4ccccc4n5-c4ccc5oc6nc7c8ccccc8c8ccccc8c7nc6c5c4)ccc32)cc1. The highest BCUT2D eigenvalue weighted by molar-refractivity contribution is 6.24. The monoisotopic (exact) mass is 726 g/mol. The number of fused-ring (bicyclic) bond motifs is 15. The molecule has 0 saturated carbocycles. The van der Waals surface area contributed by atoms with Crippen LogP contribution in [0.5, 0.6) is 0 Å². The molecule has 264 valence electrons. The van der Waals surface area contributed by atoms with Crippen LogP contribution in [0.3, 0.4) is 0 Å². The van der Waals surface area contributed by atoms with Gasteiger partial charge in [0.05, 0.1) is 33.0 Å². The number of rotatable bonds is 3. The summed E-state index contributed by atoms with van der Waals surface area (Å²) < 4.78 is 11.2. The van der Waals surface area contributed by atoms with E-state index in [9.17, 15) is 0 Å². The van der Waals surface area contributed by atoms with Gasteiger partial charge in [0, 0.05) is 43.7 Å². The number of hydrogen-bond donors (Lipinski definition) is 0. The standard InChI is InChI=1S/C52H30N4O/c1-2-12-33(13-3-1)55-44-20-10-8-16-37(44)41-28-31(22-25-46(41)55)32-23-26-47-42(29-32)38-17-9-11-21-45(38)56(47)34-24-27-48-43(30-34)51-52(57-48)54-50-40-19-7-5-15-36(40)35-14-4-6-18-39(35)49(50)53-51/h1-30H. The molecule has 5 heteroatoms. The van der Waals surface area contributed by atoms with Gasteiger partial charge in [-0.15, -0.1) is 0 Å². The molecule has 0 aliphatic carbocycles. The molecule has 0 amide bonds. The summed E-state index contributed by atoms with van der Waals surface area (Å²) in [6, 6.07) is 65.1. The molecule has 57 heavy (non-hydrogen) atoms. The summed E-state index contributed by atoms with van der Waals surface area (Å²) in [6.07, 6.45) is 0. The fourth-order valence-corrected chi connectivity index (χ4v) is 9.36. The van der Waals surface area contributed by atoms with E-state index in [1.165, 1.54) is 54.5 Å². The first-order valence-electron chi connectivity index (χ1n) is 19.3. The summed E-state index contributed by atoms with van der Waals surface area (Å²) in [6.45, 7) is 0. The quantitative estimate of drug-likeness (QED) is 0.170. The third-order valence-electron chi connectivity index (χ3n) is 11.9. The van der Waals surface area contributed by atoms with Crippen LogP contribution in [0.2, 0.25) is 0 Å². The molecule has 13 aromatic rings. The van der Waals surface area contributed by atoms with E-state index in [0.29, 0.717) is 5.71 Å². The van der Waals surface area contributed by atoms with Gasteiger partial charge < -0.3 is 13.6 Å². The maximum absolute atomic E-state index is 6.43. The maximum Gasteiger partial charge on any atom is 0.246 e. The van der Waals surface area contributed by atoms with Crippen molar-refractivity contribution < 1.29 is 4.42 Å². The first-order valence-corrected chi connectivity index (χ1v) is 19.3. The number of benzene rings is 9. The summed E-state index contributed by atoms with van der Waals surface area (Å²) in [5.41, 5.74) is 13.1. The molecule has 0 bridgehead atoms. The molecule has 0 spiro atoms. The van der Waals surface area contributed by atoms with Gasteiger partial charge in [0.25, 0.3) is 0 Å². The van der Waals surface area contributed by atoms with E-state index >= 15 is 0 Å². The van der Waals surface area contributed by atoms with E-state index in [1.54, 1.807) is 0 Å². The Morgan fingerprint density at radius 3 is 1.42 bits per heavy atom. The molecule has 0 unspecified atom stereocenters. The molecule has 0 radical (unpaired) electrons. The highest BCUT2D eigenvalue weighted by Gasteiger charge is 2.19. The second kappa shape index (κ2) is 11.4. The van der Waals surface area contributed by atoms with Crippen LogP contribution in [-0.2, 0) is 0 Å². The highest BCUT2D eigenvalue weighted by Crippen LogP contribution is 2.40. The van der Waals surface area contributed by atoms with Crippen LogP contribution in [0.25, 0.3) is 121 Å². The van der Waals surface area contributed by atoms with E-state index < -0.39 is 0 Å². The van der Waals surface area contributed by atoms with E-state index in [2.05, 4.69) is 191 Å². The van der Waals surface area contributed by atoms with Gasteiger partial charge in [-0.1, -0.05) is 115 Å². The largest absolute Gasteiger partial charge is 0.436 e. The lowest BCUT2D eigenvalue weighted by Gasteiger charge is -2.10. The molecule has 13 rings (SSSR count). The molecule has 4 aromatic heterocycles. The number of nitrogens with zero attached hydrogens (tertiary/aromatic N) is 4. The Hall–Kier alpha value is -7.76. The molecular weight excluding hydrogens is 697 g/mol. The van der Waals surface area contributed by atoms with Crippen molar-refractivity contribution >= 4 is 98.4 Å². The molecule has 4 heterocycles. The minimum atomic E-state index is 0.547. The van der Waals surface area contributed by atoms with Gasteiger partial charge in [0.1, 0.15) is 16.6 Å². The van der Waals surface area contributed by atoms with Crippen molar-refractivity contribution in [1.29, 1.82) is 0 Å². The molecule has 9 aromatic carbocycles. The van der Waals surface area contributed by atoms with Crippen LogP contribution in [0.4, 0.5) is 0 Å². The summed E-state index contributed by atoms with van der Waals surface area (Å²) in [5, 5.41) is 10.3. The molecule has 0 saturated heterocycles. The Balaban J connectivity index is 0.997. The number of para-hydroxylation sites is 3. The average molecular weight is 727 g/mol. The van der Waals surface area contributed by atoms with E-state index in [-0.39, 0.29) is 0 Å². The van der Waals surface area contributed by atoms with Crippen molar-refractivity contribution in [3.63, 3.8) is 0 Å². The van der Waals surface area contributed by atoms with Crippen molar-refractivity contribution in [2.24, 2.45) is 0 Å². The Bertz CT molecular complexity index is 3810. The van der Waals surface area contributed by atoms with Crippen LogP contribution in [0.15, 0.2) is 186 Å². The van der Waals surface area contributed by atoms with Gasteiger partial charge in [0.2, 0.25) is 5.71 Å². The van der Waals surface area contributed by atoms with Gasteiger partial charge in [-0.3, -0.25) is 0 Å². The molecule has 0 aliphatic rings. The maximum atomic E-state index is 6.43. The minimum Gasteiger partial charge on any atom is -0.436 e. The van der Waals surface area contributed by atoms with Gasteiger partial charge in [-0.05, 0) is 88.6 Å². The van der Waals surface area contributed by atoms with Crippen LogP contribution < -0.4 is 0 Å². The lowest BCUT2D eigenvalue weighted by molar-refractivity contribution is 0.655. The molecule has 0 atom stereocenters. The normalized spacial score (nSPS) is 12.2. The summed E-state index contributed by atoms with van der Waals surface area (Å²) >= 11 is 0. The van der Waals surface area contributed by atoms with Gasteiger partial charge in [-0.25, -0.2) is 9.97 Å². The van der Waals surface area contributed by atoms with Gasteiger partial charge >= 0.3 is 0 Å². The first-order chi connectivity index (χ1) is 28.3. The fraction of sp³-hybridized carbons (Fsp3) is 0. The number of aromatic nitrogens is 4. The fourth-order valence-electron chi connectivity index (χ4n) is 9.36. The number of hydrogen-bond acceptors (Lipinski definition) is 3. The topological polar surface area (TPSA) is 48.8 Å². The molecule has 5 nitrogen and oxygen atoms in total. The Kier molecular flexibility index (Phi) is 6.10. The Morgan fingerprint density at radius 2 is 0.807 bits per heavy atom. The lowest BCUT2D eigenvalue weighted by Crippen LogP contribution is -1.94. The summed E-state index contributed by atoms with van der Waals surface area (Å²) in [4.78, 5) is 10.5. The van der Waals surface area contributed by atoms with Crippen LogP contribution >= 0.6 is 0 Å². The second-order valence-corrected chi connectivity index (χ2v) is 15.0. The Labute approximate surface area is 325 Å². The van der Waals surface area contributed by atoms with Crippen LogP contribution in [0, 0.1) is 0 Å². The molecule has 0 N–H and O–H groups in total. The lowest BCUT2D eigenvalue weighted by atomic mass is 9.99. The number of furan rings is 1. The summed E-state index contributed by atoms with van der Waals surface area (Å²) in [5.74, 6) is 0. The van der Waals surface area contributed by atoms with Gasteiger partial charge in [0.15, 0.2) is 0 Å². The summed E-state index contributed by atoms with van der Waals surface area (Å²) in [7, 11) is 0. The van der Waals surface area contributed by atoms with Crippen molar-refractivity contribution in [3.8, 4) is 22.5 Å². The minimum absolute atomic E-state index is 0.547. The zero-order valence-electron chi connectivity index (χ0n) is 30.5. The van der Waals surface area contributed by atoms with E-state index in [4.69, 9.17) is 14.4 Å². The Morgan fingerprint density at radius 1 is 0.316 bits per heavy atom. The third-order valence-corrected chi connectivity index (χ3v) is 11.9. The van der Waals surface area contributed by atoms with Crippen LogP contribution in [-0.4, -0.2) is 19.1 Å². The zero-order chi connectivity index (χ0) is 37.2. The van der Waals surface area contributed by atoms with Crippen molar-refractivity contribution in [2.45, 2.75) is 0 Å². The average Bonchev–Trinajstić information content (AvgIpc) is 3.92. The van der Waals surface area contributed by atoms with E-state index in [1.807, 2.05) is 0 Å². The third kappa shape index (κ3) is 4.28. The van der Waals surface area contributed by atoms with Crippen LogP contribution in [0.1, 0.15) is 0 Å². The molecule has 0 aliphatic heterocycles. The predicted molar refractivity (Wildman–Crippen MR) is 236 cm³/mol. The predicted octanol–water partition coefficient (Wildman–Crippen LogP) is 13.7. The first kappa shape index (κ1) is 30.6. The van der Waals surface area contributed by atoms with Gasteiger partial charge in [-0.2, -0.15) is 0 Å². The van der Waals surface area contributed by atoms with Crippen molar-refractivity contribution in [3.05, 3.63) is 182 Å².